The Kier molecular flexibility index (Phi) is 6.60. The van der Waals surface area contributed by atoms with E-state index in [1.54, 1.807) is 39.5 Å². The van der Waals surface area contributed by atoms with Crippen LogP contribution in [0.15, 0.2) is 42.5 Å². The Bertz CT molecular complexity index is 787. The van der Waals surface area contributed by atoms with Gasteiger partial charge in [-0.2, -0.15) is 0 Å². The average molecular weight is 385 g/mol. The molecule has 0 unspecified atom stereocenters. The normalized spacial score (nSPS) is 14.5. The van der Waals surface area contributed by atoms with Crippen molar-refractivity contribution in [2.24, 2.45) is 0 Å². The molecule has 0 saturated carbocycles. The van der Waals surface area contributed by atoms with E-state index in [9.17, 15) is 4.79 Å². The van der Waals surface area contributed by atoms with Crippen molar-refractivity contribution in [1.29, 1.82) is 0 Å². The van der Waals surface area contributed by atoms with Gasteiger partial charge in [-0.3, -0.25) is 0 Å². The number of carbonyl (C=O) groups is 1. The lowest BCUT2D eigenvalue weighted by Gasteiger charge is -2.33. The zero-order valence-corrected chi connectivity index (χ0v) is 16.5. The van der Waals surface area contributed by atoms with Gasteiger partial charge in [0, 0.05) is 37.6 Å². The summed E-state index contributed by atoms with van der Waals surface area (Å²) in [6.07, 6.45) is 2.42. The van der Waals surface area contributed by atoms with Gasteiger partial charge in [0.1, 0.15) is 11.5 Å². The van der Waals surface area contributed by atoms with E-state index in [-0.39, 0.29) is 6.03 Å². The molecule has 150 valence electrons. The molecule has 0 aliphatic carbocycles. The third-order valence-corrected chi connectivity index (χ3v) is 4.92. The highest BCUT2D eigenvalue weighted by Gasteiger charge is 2.18. The minimum atomic E-state index is -0.336. The first-order valence-electron chi connectivity index (χ1n) is 9.30. The largest absolute Gasteiger partial charge is 0.497 e. The molecule has 0 aromatic heterocycles. The predicted molar refractivity (Wildman–Crippen MR) is 111 cm³/mol. The van der Waals surface area contributed by atoms with Crippen LogP contribution in [0.3, 0.4) is 0 Å². The Morgan fingerprint density at radius 1 is 0.964 bits per heavy atom. The molecule has 28 heavy (non-hydrogen) atoms. The number of amides is 2. The Balaban J connectivity index is 1.58. The van der Waals surface area contributed by atoms with Gasteiger partial charge in [0.05, 0.1) is 26.0 Å². The standard InChI is InChI=1S/C21H27N3O4/c1-26-17-10-12-24(13-11-17)16-6-4-15(5-7-16)22-21(25)23-19-9-8-18(27-2)14-20(19)28-3/h4-9,14,17H,10-13H2,1-3H3,(H2,22,23,25). The zero-order valence-electron chi connectivity index (χ0n) is 16.5. The number of piperidine rings is 1. The number of hydrogen-bond acceptors (Lipinski definition) is 5. The van der Waals surface area contributed by atoms with Crippen molar-refractivity contribution in [3.63, 3.8) is 0 Å². The highest BCUT2D eigenvalue weighted by Crippen LogP contribution is 2.29. The Morgan fingerprint density at radius 2 is 1.68 bits per heavy atom. The number of anilines is 3. The lowest BCUT2D eigenvalue weighted by molar-refractivity contribution is 0.0819. The molecule has 2 aromatic rings. The quantitative estimate of drug-likeness (QED) is 0.787. The number of rotatable bonds is 6. The van der Waals surface area contributed by atoms with Crippen LogP contribution in [-0.4, -0.2) is 46.6 Å². The Morgan fingerprint density at radius 3 is 2.29 bits per heavy atom. The Hall–Kier alpha value is -2.93. The molecule has 2 amide bonds. The summed E-state index contributed by atoms with van der Waals surface area (Å²) in [5.74, 6) is 1.19. The van der Waals surface area contributed by atoms with Gasteiger partial charge in [-0.05, 0) is 49.2 Å². The zero-order chi connectivity index (χ0) is 19.9. The number of benzene rings is 2. The van der Waals surface area contributed by atoms with Crippen LogP contribution < -0.4 is 25.0 Å². The van der Waals surface area contributed by atoms with Crippen LogP contribution in [0.5, 0.6) is 11.5 Å². The fourth-order valence-corrected chi connectivity index (χ4v) is 3.29. The van der Waals surface area contributed by atoms with Gasteiger partial charge >= 0.3 is 6.03 Å². The third-order valence-electron chi connectivity index (χ3n) is 4.92. The first-order valence-corrected chi connectivity index (χ1v) is 9.30. The molecular weight excluding hydrogens is 358 g/mol. The highest BCUT2D eigenvalue weighted by molar-refractivity contribution is 6.00. The molecule has 1 saturated heterocycles. The minimum absolute atomic E-state index is 0.336. The van der Waals surface area contributed by atoms with Crippen molar-refractivity contribution in [3.8, 4) is 11.5 Å². The second-order valence-corrected chi connectivity index (χ2v) is 6.61. The summed E-state index contributed by atoms with van der Waals surface area (Å²) in [4.78, 5) is 14.7. The summed E-state index contributed by atoms with van der Waals surface area (Å²) in [5, 5.41) is 5.64. The van der Waals surface area contributed by atoms with Crippen LogP contribution in [0.25, 0.3) is 0 Å². The maximum Gasteiger partial charge on any atom is 0.323 e. The molecule has 7 nitrogen and oxygen atoms in total. The SMILES string of the molecule is COc1ccc(NC(=O)Nc2ccc(N3CCC(OC)CC3)cc2)c(OC)c1. The highest BCUT2D eigenvalue weighted by atomic mass is 16.5. The molecule has 0 bridgehead atoms. The number of nitrogens with one attached hydrogen (secondary N) is 2. The summed E-state index contributed by atoms with van der Waals surface area (Å²) >= 11 is 0. The van der Waals surface area contributed by atoms with Crippen LogP contribution in [-0.2, 0) is 4.74 Å². The van der Waals surface area contributed by atoms with E-state index in [0.29, 0.717) is 23.3 Å². The monoisotopic (exact) mass is 385 g/mol. The van der Waals surface area contributed by atoms with Crippen LogP contribution in [0.2, 0.25) is 0 Å². The number of nitrogens with zero attached hydrogens (tertiary/aromatic N) is 1. The summed E-state index contributed by atoms with van der Waals surface area (Å²) in [7, 11) is 4.90. The number of carbonyl (C=O) groups excluding carboxylic acids is 1. The molecule has 0 spiro atoms. The molecule has 7 heteroatoms. The second kappa shape index (κ2) is 9.32. The summed E-state index contributed by atoms with van der Waals surface area (Å²) in [5.41, 5.74) is 2.44. The summed E-state index contributed by atoms with van der Waals surface area (Å²) in [6.45, 7) is 1.95. The molecule has 1 aliphatic heterocycles. The van der Waals surface area contributed by atoms with Gasteiger partial charge in [-0.15, -0.1) is 0 Å². The molecule has 1 heterocycles. The minimum Gasteiger partial charge on any atom is -0.497 e. The van der Waals surface area contributed by atoms with Gasteiger partial charge in [0.15, 0.2) is 0 Å². The maximum absolute atomic E-state index is 12.3. The van der Waals surface area contributed by atoms with E-state index < -0.39 is 0 Å². The van der Waals surface area contributed by atoms with Gasteiger partial charge in [-0.25, -0.2) is 4.79 Å². The van der Waals surface area contributed by atoms with Crippen molar-refractivity contribution >= 4 is 23.1 Å². The van der Waals surface area contributed by atoms with Gasteiger partial charge in [0.25, 0.3) is 0 Å². The predicted octanol–water partition coefficient (Wildman–Crippen LogP) is 3.96. The first kappa shape index (κ1) is 19.8. The lowest BCUT2D eigenvalue weighted by atomic mass is 10.1. The number of hydrogen-bond donors (Lipinski definition) is 2. The van der Waals surface area contributed by atoms with Crippen LogP contribution in [0.1, 0.15) is 12.8 Å². The van der Waals surface area contributed by atoms with E-state index in [4.69, 9.17) is 14.2 Å². The van der Waals surface area contributed by atoms with Crippen molar-refractivity contribution in [2.75, 3.05) is 50.0 Å². The summed E-state index contributed by atoms with van der Waals surface area (Å²) < 4.78 is 15.9. The van der Waals surface area contributed by atoms with Gasteiger partial charge in [0.2, 0.25) is 0 Å². The van der Waals surface area contributed by atoms with Gasteiger partial charge < -0.3 is 29.7 Å². The van der Waals surface area contributed by atoms with E-state index in [1.807, 2.05) is 24.3 Å². The van der Waals surface area contributed by atoms with Crippen LogP contribution >= 0.6 is 0 Å². The molecule has 1 aliphatic rings. The average Bonchev–Trinajstić information content (AvgIpc) is 2.74. The molecule has 1 fully saturated rings. The molecule has 2 aromatic carbocycles. The number of ether oxygens (including phenoxy) is 3. The third kappa shape index (κ3) is 4.86. The molecular formula is C21H27N3O4. The van der Waals surface area contributed by atoms with Crippen molar-refractivity contribution < 1.29 is 19.0 Å². The fraction of sp³-hybridized carbons (Fsp3) is 0.381. The van der Waals surface area contributed by atoms with E-state index in [2.05, 4.69) is 15.5 Å². The van der Waals surface area contributed by atoms with Gasteiger partial charge in [-0.1, -0.05) is 0 Å². The number of methoxy groups -OCH3 is 3. The Labute approximate surface area is 165 Å². The lowest BCUT2D eigenvalue weighted by Crippen LogP contribution is -2.36. The molecule has 3 rings (SSSR count). The molecule has 0 atom stereocenters. The van der Waals surface area contributed by atoms with E-state index in [1.165, 1.54) is 0 Å². The molecule has 2 N–H and O–H groups in total. The van der Waals surface area contributed by atoms with Crippen LogP contribution in [0.4, 0.5) is 21.9 Å². The van der Waals surface area contributed by atoms with E-state index in [0.717, 1.165) is 37.3 Å². The molecule has 0 radical (unpaired) electrons. The van der Waals surface area contributed by atoms with Crippen molar-refractivity contribution in [2.45, 2.75) is 18.9 Å². The summed E-state index contributed by atoms with van der Waals surface area (Å²) in [6, 6.07) is 12.7. The topological polar surface area (TPSA) is 72.1 Å². The smallest absolute Gasteiger partial charge is 0.323 e. The second-order valence-electron chi connectivity index (χ2n) is 6.61. The number of urea groups is 1. The van der Waals surface area contributed by atoms with Crippen molar-refractivity contribution in [3.05, 3.63) is 42.5 Å². The first-order chi connectivity index (χ1) is 13.6. The maximum atomic E-state index is 12.3. The van der Waals surface area contributed by atoms with Crippen LogP contribution in [0, 0.1) is 0 Å². The van der Waals surface area contributed by atoms with Crippen molar-refractivity contribution in [1.82, 2.24) is 0 Å². The van der Waals surface area contributed by atoms with E-state index >= 15 is 0 Å². The fourth-order valence-electron chi connectivity index (χ4n) is 3.29.